The number of benzene rings is 1. The van der Waals surface area contributed by atoms with E-state index in [1.165, 1.54) is 15.7 Å². The van der Waals surface area contributed by atoms with Gasteiger partial charge in [-0.1, -0.05) is 13.0 Å². The number of hydrogen-bond donors (Lipinski definition) is 1. The van der Waals surface area contributed by atoms with Gasteiger partial charge in [-0.15, -0.1) is 0 Å². The number of morpholine rings is 1. The Kier molecular flexibility index (Phi) is 5.03. The maximum absolute atomic E-state index is 5.56. The third kappa shape index (κ3) is 3.05. The van der Waals surface area contributed by atoms with E-state index in [4.69, 9.17) is 4.74 Å². The van der Waals surface area contributed by atoms with Crippen LogP contribution in [-0.4, -0.2) is 32.8 Å². The van der Waals surface area contributed by atoms with Crippen LogP contribution < -0.4 is 10.2 Å². The summed E-state index contributed by atoms with van der Waals surface area (Å²) in [5.41, 5.74) is 2.58. The minimum atomic E-state index is 0.491. The number of rotatable bonds is 4. The zero-order valence-electron chi connectivity index (χ0n) is 11.1. The van der Waals surface area contributed by atoms with Gasteiger partial charge >= 0.3 is 0 Å². The lowest BCUT2D eigenvalue weighted by Crippen LogP contribution is -2.45. The molecule has 1 N–H and O–H groups in total. The van der Waals surface area contributed by atoms with E-state index < -0.39 is 0 Å². The van der Waals surface area contributed by atoms with Crippen molar-refractivity contribution in [3.63, 3.8) is 0 Å². The molecule has 1 atom stereocenters. The second kappa shape index (κ2) is 6.55. The average Bonchev–Trinajstić information content (AvgIpc) is 2.39. The first kappa shape index (κ1) is 13.8. The maximum Gasteiger partial charge on any atom is 0.0670 e. The van der Waals surface area contributed by atoms with Gasteiger partial charge in [0, 0.05) is 17.6 Å². The molecule has 2 rings (SSSR count). The van der Waals surface area contributed by atoms with E-state index in [-0.39, 0.29) is 0 Å². The number of halogens is 1. The van der Waals surface area contributed by atoms with Crippen LogP contribution in [0, 0.1) is 0 Å². The quantitative estimate of drug-likeness (QED) is 0.925. The molecule has 0 aliphatic carbocycles. The summed E-state index contributed by atoms with van der Waals surface area (Å²) in [6, 6.07) is 7.10. The molecule has 1 aliphatic heterocycles. The minimum absolute atomic E-state index is 0.491. The molecule has 3 nitrogen and oxygen atoms in total. The Morgan fingerprint density at radius 1 is 1.50 bits per heavy atom. The largest absolute Gasteiger partial charge is 0.377 e. The van der Waals surface area contributed by atoms with Crippen molar-refractivity contribution in [2.75, 3.05) is 31.7 Å². The summed E-state index contributed by atoms with van der Waals surface area (Å²) in [6.45, 7) is 5.75. The van der Waals surface area contributed by atoms with Gasteiger partial charge in [-0.25, -0.2) is 0 Å². The molecule has 1 saturated heterocycles. The molecule has 0 aromatic heterocycles. The molecule has 0 bridgehead atoms. The molecule has 0 saturated carbocycles. The van der Waals surface area contributed by atoms with Crippen LogP contribution in [0.4, 0.5) is 5.69 Å². The highest BCUT2D eigenvalue weighted by molar-refractivity contribution is 9.10. The number of hydrogen-bond acceptors (Lipinski definition) is 3. The van der Waals surface area contributed by atoms with Gasteiger partial charge in [-0.05, 0) is 47.1 Å². The Labute approximate surface area is 118 Å². The summed E-state index contributed by atoms with van der Waals surface area (Å²) in [7, 11) is 1.97. The van der Waals surface area contributed by atoms with Gasteiger partial charge in [0.25, 0.3) is 0 Å². The fourth-order valence-corrected chi connectivity index (χ4v) is 3.06. The maximum atomic E-state index is 5.56. The van der Waals surface area contributed by atoms with Gasteiger partial charge in [-0.2, -0.15) is 0 Å². The van der Waals surface area contributed by atoms with Crippen LogP contribution in [0.3, 0.4) is 0 Å². The van der Waals surface area contributed by atoms with Crippen LogP contribution >= 0.6 is 15.9 Å². The summed E-state index contributed by atoms with van der Waals surface area (Å²) in [5.74, 6) is 0. The lowest BCUT2D eigenvalue weighted by Gasteiger charge is -2.37. The standard InChI is InChI=1S/C14H21BrN2O/c1-3-12-10-18-7-6-17(12)14-5-4-11(9-16-2)8-13(14)15/h4-5,8,12,16H,3,6-7,9-10H2,1-2H3. The van der Waals surface area contributed by atoms with Crippen molar-refractivity contribution < 1.29 is 4.74 Å². The van der Waals surface area contributed by atoms with Gasteiger partial charge in [0.05, 0.1) is 24.9 Å². The second-order valence-electron chi connectivity index (χ2n) is 4.65. The Morgan fingerprint density at radius 3 is 3.00 bits per heavy atom. The van der Waals surface area contributed by atoms with Crippen molar-refractivity contribution in [2.24, 2.45) is 0 Å². The topological polar surface area (TPSA) is 24.5 Å². The summed E-state index contributed by atoms with van der Waals surface area (Å²) in [4.78, 5) is 2.46. The first-order chi connectivity index (χ1) is 8.76. The highest BCUT2D eigenvalue weighted by Crippen LogP contribution is 2.30. The Morgan fingerprint density at radius 2 is 2.33 bits per heavy atom. The predicted molar refractivity (Wildman–Crippen MR) is 79.1 cm³/mol. The molecular weight excluding hydrogens is 292 g/mol. The third-order valence-corrected chi connectivity index (χ3v) is 4.04. The Balaban J connectivity index is 2.21. The van der Waals surface area contributed by atoms with E-state index in [1.807, 2.05) is 7.05 Å². The van der Waals surface area contributed by atoms with Crippen molar-refractivity contribution >= 4 is 21.6 Å². The number of nitrogens with one attached hydrogen (secondary N) is 1. The number of anilines is 1. The van der Waals surface area contributed by atoms with Crippen molar-refractivity contribution in [1.29, 1.82) is 0 Å². The zero-order valence-corrected chi connectivity index (χ0v) is 12.7. The number of ether oxygens (including phenoxy) is 1. The van der Waals surface area contributed by atoms with E-state index in [2.05, 4.69) is 51.3 Å². The Hall–Kier alpha value is -0.580. The van der Waals surface area contributed by atoms with Gasteiger partial charge < -0.3 is 15.0 Å². The van der Waals surface area contributed by atoms with E-state index in [1.54, 1.807) is 0 Å². The Bertz CT molecular complexity index is 397. The summed E-state index contributed by atoms with van der Waals surface area (Å²) in [5, 5.41) is 3.18. The molecule has 1 heterocycles. The molecule has 1 aromatic carbocycles. The van der Waals surface area contributed by atoms with Crippen molar-refractivity contribution in [3.8, 4) is 0 Å². The highest BCUT2D eigenvalue weighted by Gasteiger charge is 2.23. The third-order valence-electron chi connectivity index (χ3n) is 3.40. The summed E-state index contributed by atoms with van der Waals surface area (Å²) >= 11 is 3.70. The molecule has 0 amide bonds. The highest BCUT2D eigenvalue weighted by atomic mass is 79.9. The smallest absolute Gasteiger partial charge is 0.0670 e. The van der Waals surface area contributed by atoms with Crippen molar-refractivity contribution in [3.05, 3.63) is 28.2 Å². The van der Waals surface area contributed by atoms with Crippen LogP contribution in [-0.2, 0) is 11.3 Å². The van der Waals surface area contributed by atoms with Gasteiger partial charge in [0.2, 0.25) is 0 Å². The predicted octanol–water partition coefficient (Wildman–Crippen LogP) is 2.78. The molecule has 4 heteroatoms. The van der Waals surface area contributed by atoms with Crippen LogP contribution in [0.2, 0.25) is 0 Å². The van der Waals surface area contributed by atoms with Crippen LogP contribution in [0.5, 0.6) is 0 Å². The molecule has 18 heavy (non-hydrogen) atoms. The van der Waals surface area contributed by atoms with Gasteiger partial charge in [-0.3, -0.25) is 0 Å². The first-order valence-corrected chi connectivity index (χ1v) is 7.33. The normalized spacial score (nSPS) is 20.2. The molecule has 1 aromatic rings. The van der Waals surface area contributed by atoms with E-state index in [9.17, 15) is 0 Å². The molecule has 1 unspecified atom stereocenters. The lowest BCUT2D eigenvalue weighted by molar-refractivity contribution is 0.0929. The molecule has 1 aliphatic rings. The SMILES string of the molecule is CCC1COCCN1c1ccc(CNC)cc1Br. The van der Waals surface area contributed by atoms with E-state index >= 15 is 0 Å². The molecule has 0 radical (unpaired) electrons. The monoisotopic (exact) mass is 312 g/mol. The van der Waals surface area contributed by atoms with Crippen LogP contribution in [0.25, 0.3) is 0 Å². The summed E-state index contributed by atoms with van der Waals surface area (Å²) < 4.78 is 6.74. The van der Waals surface area contributed by atoms with E-state index in [0.717, 1.165) is 32.7 Å². The lowest BCUT2D eigenvalue weighted by atomic mass is 10.1. The minimum Gasteiger partial charge on any atom is -0.377 e. The van der Waals surface area contributed by atoms with Crippen molar-refractivity contribution in [2.45, 2.75) is 25.9 Å². The fraction of sp³-hybridized carbons (Fsp3) is 0.571. The van der Waals surface area contributed by atoms with Crippen LogP contribution in [0.1, 0.15) is 18.9 Å². The molecule has 1 fully saturated rings. The average molecular weight is 313 g/mol. The van der Waals surface area contributed by atoms with Gasteiger partial charge in [0.15, 0.2) is 0 Å². The summed E-state index contributed by atoms with van der Waals surface area (Å²) in [6.07, 6.45) is 1.12. The van der Waals surface area contributed by atoms with Crippen molar-refractivity contribution in [1.82, 2.24) is 5.32 Å². The molecular formula is C14H21BrN2O. The van der Waals surface area contributed by atoms with E-state index in [0.29, 0.717) is 6.04 Å². The molecule has 100 valence electrons. The fourth-order valence-electron chi connectivity index (χ4n) is 2.41. The first-order valence-electron chi connectivity index (χ1n) is 6.53. The number of nitrogens with zero attached hydrogens (tertiary/aromatic N) is 1. The van der Waals surface area contributed by atoms with Crippen LogP contribution in [0.15, 0.2) is 22.7 Å². The zero-order chi connectivity index (χ0) is 13.0. The molecule has 0 spiro atoms. The van der Waals surface area contributed by atoms with Gasteiger partial charge in [0.1, 0.15) is 0 Å². The second-order valence-corrected chi connectivity index (χ2v) is 5.50.